The monoisotopic (exact) mass is 661 g/mol. The third-order valence-electron chi connectivity index (χ3n) is 9.49. The number of hydrogen-bond donors (Lipinski definition) is 6. The summed E-state index contributed by atoms with van der Waals surface area (Å²) in [4.78, 5) is 16.6. The lowest BCUT2D eigenvalue weighted by Crippen LogP contribution is -2.47. The van der Waals surface area contributed by atoms with Gasteiger partial charge in [0.15, 0.2) is 0 Å². The van der Waals surface area contributed by atoms with Gasteiger partial charge in [-0.15, -0.1) is 0 Å². The first-order valence-corrected chi connectivity index (χ1v) is 17.3. The minimum absolute atomic E-state index is 0.0548. The number of aliphatic hydroxyl groups excluding tert-OH is 4. The number of aromatic nitrogens is 1. The zero-order chi connectivity index (χ0) is 34.1. The molecule has 2 aromatic carbocycles. The van der Waals surface area contributed by atoms with E-state index < -0.39 is 24.3 Å². The number of nitrogens with zero attached hydrogens (tertiary/aromatic N) is 1. The van der Waals surface area contributed by atoms with Crippen LogP contribution in [-0.4, -0.2) is 75.6 Å². The number of amides is 2. The van der Waals surface area contributed by atoms with Gasteiger partial charge < -0.3 is 40.5 Å². The van der Waals surface area contributed by atoms with Gasteiger partial charge in [-0.05, 0) is 92.2 Å². The molecule has 260 valence electrons. The molecular weight excluding hydrogens is 610 g/mol. The minimum atomic E-state index is -1.45. The normalized spacial score (nSPS) is 17.6. The van der Waals surface area contributed by atoms with Gasteiger partial charge in [0.2, 0.25) is 0 Å². The van der Waals surface area contributed by atoms with Crippen LogP contribution in [-0.2, 0) is 16.9 Å². The fourth-order valence-electron chi connectivity index (χ4n) is 6.01. The summed E-state index contributed by atoms with van der Waals surface area (Å²) in [5.41, 5.74) is 6.61. The molecule has 2 aliphatic rings. The van der Waals surface area contributed by atoms with Crippen molar-refractivity contribution in [2.45, 2.75) is 108 Å². The molecule has 0 bridgehead atoms. The maximum atomic E-state index is 12.1. The lowest BCUT2D eigenvalue weighted by Gasteiger charge is -2.23. The molecule has 1 unspecified atom stereocenters. The number of aryl methyl sites for hydroxylation is 1. The van der Waals surface area contributed by atoms with E-state index in [1.807, 2.05) is 18.5 Å². The van der Waals surface area contributed by atoms with Gasteiger partial charge in [0, 0.05) is 43.2 Å². The van der Waals surface area contributed by atoms with E-state index >= 15 is 0 Å². The third kappa shape index (κ3) is 9.54. The Morgan fingerprint density at radius 2 is 1.79 bits per heavy atom. The van der Waals surface area contributed by atoms with Crippen molar-refractivity contribution < 1.29 is 34.7 Å². The van der Waals surface area contributed by atoms with Gasteiger partial charge >= 0.3 is 6.03 Å². The Hall–Kier alpha value is -3.54. The van der Waals surface area contributed by atoms with Gasteiger partial charge in [0.1, 0.15) is 11.9 Å². The molecule has 0 aliphatic heterocycles. The van der Waals surface area contributed by atoms with Crippen LogP contribution >= 0.6 is 0 Å². The number of pyridine rings is 1. The van der Waals surface area contributed by atoms with E-state index in [0.717, 1.165) is 67.4 Å². The number of rotatable bonds is 19. The Morgan fingerprint density at radius 3 is 2.54 bits per heavy atom. The standard InChI is InChI=1S/C38H51N3O7/c1-25(7-5-6-18-40-37(46)41-23-34(44)36(45)33(43)15-20-42)27-11-10-26(2)28(21-27)24-47-38(16-17-38)32-22-39-19-14-30(32)31-8-3-4-9-35(31)48-29-12-13-29/h3-4,8-11,14,19,21-22,25,29,33-34,36,42-45H,5-7,12-13,15-18,20,23-24H2,1-2H3,(H2,40,41,46)/t25?,33-,34+,36+/m1/s1. The summed E-state index contributed by atoms with van der Waals surface area (Å²) >= 11 is 0. The van der Waals surface area contributed by atoms with Crippen molar-refractivity contribution in [1.82, 2.24) is 15.6 Å². The second-order valence-corrected chi connectivity index (χ2v) is 13.4. The summed E-state index contributed by atoms with van der Waals surface area (Å²) in [5, 5.41) is 43.6. The Morgan fingerprint density at radius 1 is 1.00 bits per heavy atom. The summed E-state index contributed by atoms with van der Waals surface area (Å²) in [6.45, 7) is 4.83. The Kier molecular flexibility index (Phi) is 12.5. The lowest BCUT2D eigenvalue weighted by atomic mass is 9.92. The Bertz CT molecular complexity index is 1490. The zero-order valence-electron chi connectivity index (χ0n) is 28.1. The molecule has 48 heavy (non-hydrogen) atoms. The smallest absolute Gasteiger partial charge is 0.314 e. The van der Waals surface area contributed by atoms with Crippen molar-refractivity contribution in [1.29, 1.82) is 0 Å². The van der Waals surface area contributed by atoms with Crippen LogP contribution in [0, 0.1) is 6.92 Å². The fourth-order valence-corrected chi connectivity index (χ4v) is 6.01. The molecule has 6 N–H and O–H groups in total. The van der Waals surface area contributed by atoms with E-state index in [4.69, 9.17) is 14.6 Å². The molecule has 10 heteroatoms. The molecule has 1 heterocycles. The molecule has 0 radical (unpaired) electrons. The second-order valence-electron chi connectivity index (χ2n) is 13.4. The molecule has 1 aromatic heterocycles. The van der Waals surface area contributed by atoms with Crippen LogP contribution < -0.4 is 15.4 Å². The number of carbonyl (C=O) groups is 1. The van der Waals surface area contributed by atoms with Crippen molar-refractivity contribution in [3.8, 4) is 16.9 Å². The number of carbonyl (C=O) groups excluding carboxylic acids is 1. The van der Waals surface area contributed by atoms with E-state index in [1.165, 1.54) is 16.7 Å². The second kappa shape index (κ2) is 16.7. The van der Waals surface area contributed by atoms with Gasteiger partial charge in [-0.3, -0.25) is 4.98 Å². The number of hydrogen-bond acceptors (Lipinski definition) is 8. The van der Waals surface area contributed by atoms with Crippen molar-refractivity contribution in [3.05, 3.63) is 83.2 Å². The van der Waals surface area contributed by atoms with E-state index in [-0.39, 0.29) is 25.2 Å². The van der Waals surface area contributed by atoms with Gasteiger partial charge in [-0.1, -0.05) is 49.7 Å². The van der Waals surface area contributed by atoms with E-state index in [1.54, 1.807) is 0 Å². The molecule has 2 amide bonds. The largest absolute Gasteiger partial charge is 0.490 e. The molecule has 0 saturated heterocycles. The van der Waals surface area contributed by atoms with E-state index in [9.17, 15) is 20.1 Å². The first-order valence-electron chi connectivity index (χ1n) is 17.3. The average Bonchev–Trinajstić information content (AvgIpc) is 4.04. The number of nitrogens with one attached hydrogen (secondary N) is 2. The Balaban J connectivity index is 1.10. The topological polar surface area (TPSA) is 153 Å². The molecule has 2 fully saturated rings. The first-order chi connectivity index (χ1) is 23.2. The molecule has 3 aromatic rings. The predicted molar refractivity (Wildman–Crippen MR) is 184 cm³/mol. The summed E-state index contributed by atoms with van der Waals surface area (Å²) in [7, 11) is 0. The quantitative estimate of drug-likeness (QED) is 0.0999. The summed E-state index contributed by atoms with van der Waals surface area (Å²) < 4.78 is 13.0. The van der Waals surface area contributed by atoms with Crippen LogP contribution in [0.4, 0.5) is 4.79 Å². The highest BCUT2D eigenvalue weighted by Crippen LogP contribution is 2.53. The van der Waals surface area contributed by atoms with Crippen LogP contribution in [0.3, 0.4) is 0 Å². The van der Waals surface area contributed by atoms with Crippen LogP contribution in [0.15, 0.2) is 60.9 Å². The van der Waals surface area contributed by atoms with Crippen LogP contribution in [0.5, 0.6) is 5.75 Å². The Labute approximate surface area is 283 Å². The third-order valence-corrected chi connectivity index (χ3v) is 9.49. The first kappa shape index (κ1) is 35.8. The average molecular weight is 662 g/mol. The van der Waals surface area contributed by atoms with Crippen LogP contribution in [0.25, 0.3) is 11.1 Å². The van der Waals surface area contributed by atoms with E-state index in [2.05, 4.69) is 71.9 Å². The van der Waals surface area contributed by atoms with Crippen molar-refractivity contribution in [2.75, 3.05) is 19.7 Å². The summed E-state index contributed by atoms with van der Waals surface area (Å²) in [6, 6.07) is 16.5. The zero-order valence-corrected chi connectivity index (χ0v) is 28.1. The number of benzene rings is 2. The maximum Gasteiger partial charge on any atom is 0.314 e. The van der Waals surface area contributed by atoms with Gasteiger partial charge in [0.25, 0.3) is 0 Å². The molecule has 10 nitrogen and oxygen atoms in total. The summed E-state index contributed by atoms with van der Waals surface area (Å²) in [6.07, 6.45) is 6.84. The predicted octanol–water partition coefficient (Wildman–Crippen LogP) is 4.84. The lowest BCUT2D eigenvalue weighted by molar-refractivity contribution is -0.0634. The number of ether oxygens (including phenoxy) is 2. The van der Waals surface area contributed by atoms with E-state index in [0.29, 0.717) is 25.2 Å². The highest BCUT2D eigenvalue weighted by atomic mass is 16.5. The number of unbranched alkanes of at least 4 members (excludes halogenated alkanes) is 1. The van der Waals surface area contributed by atoms with Crippen LogP contribution in [0.1, 0.15) is 86.5 Å². The molecular formula is C38H51N3O7. The van der Waals surface area contributed by atoms with Crippen LogP contribution in [0.2, 0.25) is 0 Å². The number of aliphatic hydroxyl groups is 4. The minimum Gasteiger partial charge on any atom is -0.490 e. The maximum absolute atomic E-state index is 12.1. The van der Waals surface area contributed by atoms with Gasteiger partial charge in [-0.2, -0.15) is 0 Å². The van der Waals surface area contributed by atoms with Crippen molar-refractivity contribution in [3.63, 3.8) is 0 Å². The fraction of sp³-hybridized carbons (Fsp3) is 0.526. The van der Waals surface area contributed by atoms with Gasteiger partial charge in [-0.25, -0.2) is 4.79 Å². The summed E-state index contributed by atoms with van der Waals surface area (Å²) in [5.74, 6) is 1.26. The van der Waals surface area contributed by atoms with Crippen molar-refractivity contribution in [2.24, 2.45) is 0 Å². The molecule has 2 saturated carbocycles. The molecule has 2 aliphatic carbocycles. The molecule has 0 spiro atoms. The highest BCUT2D eigenvalue weighted by Gasteiger charge is 2.47. The van der Waals surface area contributed by atoms with Gasteiger partial charge in [0.05, 0.1) is 30.5 Å². The number of para-hydroxylation sites is 1. The molecule has 4 atom stereocenters. The number of urea groups is 1. The van der Waals surface area contributed by atoms with Crippen molar-refractivity contribution >= 4 is 6.03 Å². The SMILES string of the molecule is Cc1ccc(C(C)CCCCNC(=O)NC[C@H](O)[C@@H](O)[C@H](O)CCO)cc1COC1(c2cnccc2-c2ccccc2OC2CC2)CC1. The molecule has 5 rings (SSSR count). The highest BCUT2D eigenvalue weighted by molar-refractivity contribution is 5.74.